The molecule has 5 heteroatoms. The lowest BCUT2D eigenvalue weighted by Gasteiger charge is -2.17. The Morgan fingerprint density at radius 3 is 2.24 bits per heavy atom. The molecule has 182 valence electrons. The number of aromatic nitrogens is 2. The van der Waals surface area contributed by atoms with E-state index in [4.69, 9.17) is 4.98 Å². The Kier molecular flexibility index (Phi) is 8.73. The third-order valence-electron chi connectivity index (χ3n) is 7.05. The Labute approximate surface area is 203 Å². The summed E-state index contributed by atoms with van der Waals surface area (Å²) in [4.78, 5) is 19.5. The van der Waals surface area contributed by atoms with Crippen molar-refractivity contribution in [3.63, 3.8) is 0 Å². The first-order valence-corrected chi connectivity index (χ1v) is 13.2. The summed E-state index contributed by atoms with van der Waals surface area (Å²) in [6, 6.07) is 14.5. The number of hydrogen-bond donors (Lipinski definition) is 0. The van der Waals surface area contributed by atoms with Crippen molar-refractivity contribution in [3.8, 4) is 0 Å². The Morgan fingerprint density at radius 1 is 0.882 bits per heavy atom. The molecule has 1 aliphatic rings. The number of amides is 1. The Hall–Kier alpha value is -2.69. The van der Waals surface area contributed by atoms with E-state index in [2.05, 4.69) is 29.7 Å². The van der Waals surface area contributed by atoms with Gasteiger partial charge in [-0.25, -0.2) is 9.37 Å². The number of imidazole rings is 1. The van der Waals surface area contributed by atoms with E-state index in [0.29, 0.717) is 13.0 Å². The number of rotatable bonds is 13. The normalized spacial score (nSPS) is 16.1. The predicted octanol–water partition coefficient (Wildman–Crippen LogP) is 7.62. The quantitative estimate of drug-likeness (QED) is 0.245. The molecular weight excluding hydrogens is 425 g/mol. The van der Waals surface area contributed by atoms with Gasteiger partial charge in [0.1, 0.15) is 11.6 Å². The highest BCUT2D eigenvalue weighted by molar-refractivity contribution is 5.96. The fraction of sp³-hybridized carbons (Fsp3) is 0.517. The van der Waals surface area contributed by atoms with E-state index in [-0.39, 0.29) is 17.6 Å². The highest BCUT2D eigenvalue weighted by Crippen LogP contribution is 2.33. The highest BCUT2D eigenvalue weighted by atomic mass is 19.1. The largest absolute Gasteiger partial charge is 0.328 e. The van der Waals surface area contributed by atoms with Gasteiger partial charge in [0, 0.05) is 31.1 Å². The molecule has 1 atom stereocenters. The van der Waals surface area contributed by atoms with Crippen molar-refractivity contribution < 1.29 is 9.18 Å². The van der Waals surface area contributed by atoms with Crippen molar-refractivity contribution >= 4 is 22.6 Å². The number of para-hydroxylation sites is 2. The van der Waals surface area contributed by atoms with E-state index in [1.807, 2.05) is 6.07 Å². The summed E-state index contributed by atoms with van der Waals surface area (Å²) in [5.74, 6) is 0.850. The van der Waals surface area contributed by atoms with E-state index >= 15 is 0 Å². The molecule has 0 spiro atoms. The molecule has 0 N–H and O–H groups in total. The van der Waals surface area contributed by atoms with Gasteiger partial charge >= 0.3 is 0 Å². The van der Waals surface area contributed by atoms with Crippen molar-refractivity contribution in [2.24, 2.45) is 0 Å². The maximum atomic E-state index is 13.3. The van der Waals surface area contributed by atoms with E-state index in [0.717, 1.165) is 35.5 Å². The lowest BCUT2D eigenvalue weighted by atomic mass is 10.1. The van der Waals surface area contributed by atoms with Crippen LogP contribution < -0.4 is 4.90 Å². The molecule has 1 unspecified atom stereocenters. The predicted molar refractivity (Wildman–Crippen MR) is 138 cm³/mol. The van der Waals surface area contributed by atoms with Crippen LogP contribution in [0.2, 0.25) is 0 Å². The summed E-state index contributed by atoms with van der Waals surface area (Å²) in [7, 11) is 0. The molecule has 0 radical (unpaired) electrons. The molecule has 2 heterocycles. The molecule has 3 aromatic rings. The van der Waals surface area contributed by atoms with Gasteiger partial charge in [-0.1, -0.05) is 76.8 Å². The second-order valence-corrected chi connectivity index (χ2v) is 9.67. The van der Waals surface area contributed by atoms with Gasteiger partial charge in [0.15, 0.2) is 0 Å². The molecule has 0 aliphatic carbocycles. The molecule has 1 aromatic heterocycles. The molecule has 0 saturated carbocycles. The number of fused-ring (bicyclic) bond motifs is 1. The second-order valence-electron chi connectivity index (χ2n) is 9.67. The number of anilines is 1. The molecule has 2 aromatic carbocycles. The third-order valence-corrected chi connectivity index (χ3v) is 7.05. The zero-order chi connectivity index (χ0) is 23.8. The van der Waals surface area contributed by atoms with Crippen LogP contribution in [0.15, 0.2) is 48.5 Å². The van der Waals surface area contributed by atoms with E-state index in [9.17, 15) is 9.18 Å². The number of aryl methyl sites for hydroxylation is 1. The van der Waals surface area contributed by atoms with Crippen LogP contribution in [0.3, 0.4) is 0 Å². The number of hydrogen-bond acceptors (Lipinski definition) is 2. The maximum absolute atomic E-state index is 13.3. The third kappa shape index (κ3) is 6.05. The average molecular weight is 464 g/mol. The summed E-state index contributed by atoms with van der Waals surface area (Å²) >= 11 is 0. The molecule has 34 heavy (non-hydrogen) atoms. The van der Waals surface area contributed by atoms with Crippen LogP contribution >= 0.6 is 0 Å². The fourth-order valence-corrected chi connectivity index (χ4v) is 5.15. The Morgan fingerprint density at radius 2 is 1.53 bits per heavy atom. The number of carbonyl (C=O) groups is 1. The van der Waals surface area contributed by atoms with E-state index in [1.165, 1.54) is 69.9 Å². The van der Waals surface area contributed by atoms with Crippen molar-refractivity contribution in [1.29, 1.82) is 0 Å². The Bertz CT molecular complexity index is 1060. The topological polar surface area (TPSA) is 38.1 Å². The first kappa shape index (κ1) is 24.4. The lowest BCUT2D eigenvalue weighted by molar-refractivity contribution is -0.117. The molecule has 1 fully saturated rings. The van der Waals surface area contributed by atoms with Crippen LogP contribution in [-0.4, -0.2) is 22.0 Å². The second kappa shape index (κ2) is 12.1. The summed E-state index contributed by atoms with van der Waals surface area (Å²) in [6.07, 6.45) is 13.6. The zero-order valence-corrected chi connectivity index (χ0v) is 20.5. The molecular formula is C29H38FN3O. The summed E-state index contributed by atoms with van der Waals surface area (Å²) in [6.45, 7) is 3.79. The van der Waals surface area contributed by atoms with Gasteiger partial charge in [-0.05, 0) is 42.8 Å². The van der Waals surface area contributed by atoms with Crippen LogP contribution in [0.1, 0.15) is 89.3 Å². The summed E-state index contributed by atoms with van der Waals surface area (Å²) in [5.41, 5.74) is 2.91. The van der Waals surface area contributed by atoms with E-state index < -0.39 is 0 Å². The van der Waals surface area contributed by atoms with Crippen molar-refractivity contribution in [2.45, 2.75) is 90.0 Å². The minimum absolute atomic E-state index is 0.0491. The standard InChI is InChI=1S/C29H38FN3O/c1-2-3-4-5-6-7-8-9-10-13-20-32-27-15-12-11-14-26(27)31-29(32)23-21-28(34)33(22-23)25-18-16-24(30)17-19-25/h11-12,14-19,23H,2-10,13,20-22H2,1H3. The van der Waals surface area contributed by atoms with Gasteiger partial charge < -0.3 is 9.47 Å². The average Bonchev–Trinajstić information content (AvgIpc) is 3.41. The monoisotopic (exact) mass is 463 g/mol. The van der Waals surface area contributed by atoms with Crippen LogP contribution in [0.25, 0.3) is 11.0 Å². The van der Waals surface area contributed by atoms with Gasteiger partial charge in [-0.2, -0.15) is 0 Å². The summed E-state index contributed by atoms with van der Waals surface area (Å²) in [5, 5.41) is 0. The number of unbranched alkanes of at least 4 members (excludes halogenated alkanes) is 9. The van der Waals surface area contributed by atoms with Gasteiger partial charge in [0.05, 0.1) is 11.0 Å². The van der Waals surface area contributed by atoms with Gasteiger partial charge in [-0.15, -0.1) is 0 Å². The number of halogens is 1. The SMILES string of the molecule is CCCCCCCCCCCCn1c(C2CC(=O)N(c3ccc(F)cc3)C2)nc2ccccc21. The lowest BCUT2D eigenvalue weighted by Crippen LogP contribution is -2.24. The van der Waals surface area contributed by atoms with Crippen LogP contribution in [0.4, 0.5) is 10.1 Å². The first-order valence-electron chi connectivity index (χ1n) is 13.2. The van der Waals surface area contributed by atoms with Crippen molar-refractivity contribution in [1.82, 2.24) is 9.55 Å². The van der Waals surface area contributed by atoms with Crippen molar-refractivity contribution in [2.75, 3.05) is 11.4 Å². The smallest absolute Gasteiger partial charge is 0.227 e. The number of nitrogens with zero attached hydrogens (tertiary/aromatic N) is 3. The number of carbonyl (C=O) groups excluding carboxylic acids is 1. The van der Waals surface area contributed by atoms with Gasteiger partial charge in [0.2, 0.25) is 5.91 Å². The van der Waals surface area contributed by atoms with Gasteiger partial charge in [0.25, 0.3) is 0 Å². The minimum atomic E-state index is -0.287. The van der Waals surface area contributed by atoms with Gasteiger partial charge in [-0.3, -0.25) is 4.79 Å². The highest BCUT2D eigenvalue weighted by Gasteiger charge is 2.34. The molecule has 1 aliphatic heterocycles. The maximum Gasteiger partial charge on any atom is 0.227 e. The molecule has 1 saturated heterocycles. The molecule has 1 amide bonds. The molecule has 4 nitrogen and oxygen atoms in total. The van der Waals surface area contributed by atoms with E-state index in [1.54, 1.807) is 17.0 Å². The number of benzene rings is 2. The van der Waals surface area contributed by atoms with Crippen LogP contribution in [0, 0.1) is 5.82 Å². The summed E-state index contributed by atoms with van der Waals surface area (Å²) < 4.78 is 15.7. The fourth-order valence-electron chi connectivity index (χ4n) is 5.15. The van der Waals surface area contributed by atoms with Crippen LogP contribution in [-0.2, 0) is 11.3 Å². The molecule has 0 bridgehead atoms. The Balaban J connectivity index is 1.36. The van der Waals surface area contributed by atoms with Crippen molar-refractivity contribution in [3.05, 3.63) is 60.2 Å². The first-order chi connectivity index (χ1) is 16.7. The minimum Gasteiger partial charge on any atom is -0.328 e. The molecule has 4 rings (SSSR count). The zero-order valence-electron chi connectivity index (χ0n) is 20.5. The van der Waals surface area contributed by atoms with Crippen LogP contribution in [0.5, 0.6) is 0 Å².